The fourth-order valence-electron chi connectivity index (χ4n) is 1.88. The molecular weight excluding hydrogens is 226 g/mol. The van der Waals surface area contributed by atoms with Gasteiger partial charge in [0.15, 0.2) is 0 Å². The van der Waals surface area contributed by atoms with Gasteiger partial charge in [-0.05, 0) is 27.4 Å². The summed E-state index contributed by atoms with van der Waals surface area (Å²) in [6.45, 7) is 10.1. The lowest BCUT2D eigenvalue weighted by Gasteiger charge is -2.15. The van der Waals surface area contributed by atoms with Crippen molar-refractivity contribution in [2.24, 2.45) is 0 Å². The highest BCUT2D eigenvalue weighted by Gasteiger charge is 2.08. The van der Waals surface area contributed by atoms with Gasteiger partial charge in [0, 0.05) is 37.0 Å². The number of methoxy groups -OCH3 is 1. The Hall–Kier alpha value is -1.13. The summed E-state index contributed by atoms with van der Waals surface area (Å²) < 4.78 is 5.40. The number of nitrogens with zero attached hydrogens (tertiary/aromatic N) is 2. The van der Waals surface area contributed by atoms with Crippen LogP contribution in [0.25, 0.3) is 0 Å². The summed E-state index contributed by atoms with van der Waals surface area (Å²) >= 11 is 0. The number of likely N-dealkylation sites (N-methyl/N-ethyl adjacent to an activating group) is 1. The van der Waals surface area contributed by atoms with Gasteiger partial charge in [-0.15, -0.1) is 0 Å². The van der Waals surface area contributed by atoms with Crippen molar-refractivity contribution in [2.45, 2.75) is 27.3 Å². The molecule has 1 rings (SSSR count). The number of rotatable bonds is 7. The van der Waals surface area contributed by atoms with Crippen molar-refractivity contribution in [3.63, 3.8) is 0 Å². The highest BCUT2D eigenvalue weighted by atomic mass is 16.5. The van der Waals surface area contributed by atoms with E-state index in [1.165, 1.54) is 0 Å². The molecule has 0 saturated heterocycles. The Labute approximate surface area is 110 Å². The van der Waals surface area contributed by atoms with E-state index < -0.39 is 0 Å². The van der Waals surface area contributed by atoms with Crippen molar-refractivity contribution in [1.82, 2.24) is 15.2 Å². The third kappa shape index (κ3) is 3.96. The van der Waals surface area contributed by atoms with E-state index in [2.05, 4.69) is 36.1 Å². The molecule has 0 aliphatic rings. The Kier molecular flexibility index (Phi) is 6.09. The largest absolute Gasteiger partial charge is 0.496 e. The molecule has 0 spiro atoms. The topological polar surface area (TPSA) is 37.4 Å². The minimum absolute atomic E-state index is 0.792. The predicted octanol–water partition coefficient (Wildman–Crippen LogP) is 1.75. The van der Waals surface area contributed by atoms with Gasteiger partial charge in [-0.25, -0.2) is 0 Å². The summed E-state index contributed by atoms with van der Waals surface area (Å²) in [5.41, 5.74) is 3.29. The van der Waals surface area contributed by atoms with Crippen LogP contribution in [0.4, 0.5) is 0 Å². The van der Waals surface area contributed by atoms with Gasteiger partial charge in [-0.1, -0.05) is 6.92 Å². The van der Waals surface area contributed by atoms with E-state index >= 15 is 0 Å². The monoisotopic (exact) mass is 251 g/mol. The molecule has 4 nitrogen and oxygen atoms in total. The number of aryl methyl sites for hydroxylation is 1. The molecule has 0 aromatic carbocycles. The zero-order chi connectivity index (χ0) is 13.5. The maximum atomic E-state index is 5.40. The van der Waals surface area contributed by atoms with Crippen LogP contribution in [0.5, 0.6) is 5.75 Å². The van der Waals surface area contributed by atoms with Gasteiger partial charge in [0.2, 0.25) is 0 Å². The molecule has 0 aliphatic carbocycles. The van der Waals surface area contributed by atoms with E-state index in [0.29, 0.717) is 0 Å². The molecule has 1 aromatic rings. The van der Waals surface area contributed by atoms with Crippen LogP contribution in [0.2, 0.25) is 0 Å². The van der Waals surface area contributed by atoms with Crippen LogP contribution in [0.3, 0.4) is 0 Å². The molecule has 1 heterocycles. The molecule has 4 heteroatoms. The molecule has 1 aromatic heterocycles. The SMILES string of the molecule is CCN(C)CCNCc1ncc(C)c(OC)c1C. The van der Waals surface area contributed by atoms with E-state index in [0.717, 1.165) is 48.7 Å². The molecule has 18 heavy (non-hydrogen) atoms. The van der Waals surface area contributed by atoms with Gasteiger partial charge in [0.25, 0.3) is 0 Å². The van der Waals surface area contributed by atoms with Crippen LogP contribution < -0.4 is 10.1 Å². The third-order valence-electron chi connectivity index (χ3n) is 3.25. The first-order chi connectivity index (χ1) is 8.60. The molecule has 1 N–H and O–H groups in total. The van der Waals surface area contributed by atoms with Crippen molar-refractivity contribution in [2.75, 3.05) is 33.8 Å². The van der Waals surface area contributed by atoms with Crippen molar-refractivity contribution >= 4 is 0 Å². The molecule has 102 valence electrons. The summed E-state index contributed by atoms with van der Waals surface area (Å²) in [7, 11) is 3.84. The van der Waals surface area contributed by atoms with Crippen molar-refractivity contribution in [3.8, 4) is 5.75 Å². The van der Waals surface area contributed by atoms with Crippen LogP contribution in [0, 0.1) is 13.8 Å². The predicted molar refractivity (Wildman–Crippen MR) is 75.1 cm³/mol. The minimum Gasteiger partial charge on any atom is -0.496 e. The number of hydrogen-bond donors (Lipinski definition) is 1. The zero-order valence-electron chi connectivity index (χ0n) is 12.2. The van der Waals surface area contributed by atoms with E-state index in [-0.39, 0.29) is 0 Å². The minimum atomic E-state index is 0.792. The van der Waals surface area contributed by atoms with Crippen LogP contribution in [-0.4, -0.2) is 43.7 Å². The van der Waals surface area contributed by atoms with Crippen LogP contribution in [0.1, 0.15) is 23.7 Å². The number of aromatic nitrogens is 1. The summed E-state index contributed by atoms with van der Waals surface area (Å²) in [6, 6.07) is 0. The third-order valence-corrected chi connectivity index (χ3v) is 3.25. The van der Waals surface area contributed by atoms with E-state index in [4.69, 9.17) is 4.74 Å². The maximum Gasteiger partial charge on any atom is 0.128 e. The zero-order valence-corrected chi connectivity index (χ0v) is 12.2. The molecular formula is C14H25N3O. The second-order valence-electron chi connectivity index (χ2n) is 4.62. The maximum absolute atomic E-state index is 5.40. The van der Waals surface area contributed by atoms with Crippen molar-refractivity contribution in [3.05, 3.63) is 23.0 Å². The average Bonchev–Trinajstić information content (AvgIpc) is 2.37. The van der Waals surface area contributed by atoms with Gasteiger partial charge in [-0.3, -0.25) is 4.98 Å². The first kappa shape index (κ1) is 14.9. The number of hydrogen-bond acceptors (Lipinski definition) is 4. The van der Waals surface area contributed by atoms with Crippen LogP contribution in [-0.2, 0) is 6.54 Å². The molecule has 0 unspecified atom stereocenters. The lowest BCUT2D eigenvalue weighted by molar-refractivity contribution is 0.348. The summed E-state index contributed by atoms with van der Waals surface area (Å²) in [4.78, 5) is 6.75. The number of ether oxygens (including phenoxy) is 1. The Balaban J connectivity index is 2.53. The highest BCUT2D eigenvalue weighted by molar-refractivity contribution is 5.40. The molecule has 0 amide bonds. The first-order valence-corrected chi connectivity index (χ1v) is 6.48. The summed E-state index contributed by atoms with van der Waals surface area (Å²) in [5, 5.41) is 3.42. The van der Waals surface area contributed by atoms with Gasteiger partial charge < -0.3 is 15.0 Å². The van der Waals surface area contributed by atoms with Gasteiger partial charge in [0.1, 0.15) is 5.75 Å². The molecule has 0 radical (unpaired) electrons. The highest BCUT2D eigenvalue weighted by Crippen LogP contribution is 2.23. The Morgan fingerprint density at radius 2 is 2.11 bits per heavy atom. The first-order valence-electron chi connectivity index (χ1n) is 6.48. The standard InChI is InChI=1S/C14H25N3O/c1-6-17(4)8-7-15-10-13-12(3)14(18-5)11(2)9-16-13/h9,15H,6-8,10H2,1-5H3. The van der Waals surface area contributed by atoms with Gasteiger partial charge in [-0.2, -0.15) is 0 Å². The van der Waals surface area contributed by atoms with Crippen molar-refractivity contribution < 1.29 is 4.74 Å². The van der Waals surface area contributed by atoms with E-state index in [1.807, 2.05) is 13.1 Å². The molecule has 0 fully saturated rings. The van der Waals surface area contributed by atoms with Crippen LogP contribution >= 0.6 is 0 Å². The van der Waals surface area contributed by atoms with E-state index in [1.54, 1.807) is 7.11 Å². The fourth-order valence-corrected chi connectivity index (χ4v) is 1.88. The Morgan fingerprint density at radius 3 is 2.72 bits per heavy atom. The lowest BCUT2D eigenvalue weighted by atomic mass is 10.1. The van der Waals surface area contributed by atoms with Crippen LogP contribution in [0.15, 0.2) is 6.20 Å². The van der Waals surface area contributed by atoms with Crippen molar-refractivity contribution in [1.29, 1.82) is 0 Å². The Bertz CT molecular complexity index is 380. The fraction of sp³-hybridized carbons (Fsp3) is 0.643. The summed E-state index contributed by atoms with van der Waals surface area (Å²) in [6.07, 6.45) is 1.88. The molecule has 0 atom stereocenters. The summed E-state index contributed by atoms with van der Waals surface area (Å²) in [5.74, 6) is 0.951. The normalized spacial score (nSPS) is 11.0. The lowest BCUT2D eigenvalue weighted by Crippen LogP contribution is -2.29. The van der Waals surface area contributed by atoms with Gasteiger partial charge >= 0.3 is 0 Å². The number of pyridine rings is 1. The molecule has 0 saturated carbocycles. The Morgan fingerprint density at radius 1 is 1.39 bits per heavy atom. The van der Waals surface area contributed by atoms with Gasteiger partial charge in [0.05, 0.1) is 12.8 Å². The molecule has 0 bridgehead atoms. The smallest absolute Gasteiger partial charge is 0.128 e. The number of nitrogens with one attached hydrogen (secondary N) is 1. The molecule has 0 aliphatic heterocycles. The van der Waals surface area contributed by atoms with E-state index in [9.17, 15) is 0 Å². The average molecular weight is 251 g/mol. The quantitative estimate of drug-likeness (QED) is 0.749. The second kappa shape index (κ2) is 7.34. The second-order valence-corrected chi connectivity index (χ2v) is 4.62.